The van der Waals surface area contributed by atoms with Gasteiger partial charge in [0.15, 0.2) is 5.96 Å². The molecule has 0 aliphatic carbocycles. The molecule has 1 amide bonds. The van der Waals surface area contributed by atoms with Crippen molar-refractivity contribution in [3.05, 3.63) is 12.2 Å². The summed E-state index contributed by atoms with van der Waals surface area (Å²) in [5.41, 5.74) is 0. The van der Waals surface area contributed by atoms with Crippen molar-refractivity contribution in [1.82, 2.24) is 35.2 Å². The molecular formula is C20H39IN8O. The van der Waals surface area contributed by atoms with Crippen LogP contribution in [0.2, 0.25) is 0 Å². The minimum atomic E-state index is 0. The van der Waals surface area contributed by atoms with Crippen molar-refractivity contribution in [2.45, 2.75) is 59.5 Å². The van der Waals surface area contributed by atoms with Crippen LogP contribution < -0.4 is 10.6 Å². The molecule has 172 valence electrons. The van der Waals surface area contributed by atoms with Gasteiger partial charge in [-0.15, -0.1) is 34.2 Å². The third kappa shape index (κ3) is 9.15. The SMILES string of the molecule is CCCCN=C(NCCn1cnnc1CC)N1CCN(CC(=O)NC(C)C)CC1.I. The lowest BCUT2D eigenvalue weighted by molar-refractivity contribution is -0.123. The third-order valence-corrected chi connectivity index (χ3v) is 4.91. The number of hydrogen-bond acceptors (Lipinski definition) is 5. The molecule has 1 saturated heterocycles. The van der Waals surface area contributed by atoms with Crippen molar-refractivity contribution in [1.29, 1.82) is 0 Å². The molecule has 0 aromatic carbocycles. The Bertz CT molecular complexity index is 641. The molecule has 1 fully saturated rings. The number of piperazine rings is 1. The quantitative estimate of drug-likeness (QED) is 0.204. The number of nitrogens with zero attached hydrogens (tertiary/aromatic N) is 6. The fourth-order valence-corrected chi connectivity index (χ4v) is 3.33. The zero-order valence-electron chi connectivity index (χ0n) is 18.9. The Balaban J connectivity index is 0.00000450. The Labute approximate surface area is 198 Å². The normalized spacial score (nSPS) is 15.2. The number of aliphatic imine (C=N–C) groups is 1. The van der Waals surface area contributed by atoms with Gasteiger partial charge in [-0.05, 0) is 20.3 Å². The van der Waals surface area contributed by atoms with Gasteiger partial charge >= 0.3 is 0 Å². The number of amides is 1. The summed E-state index contributed by atoms with van der Waals surface area (Å²) in [5, 5.41) is 14.6. The standard InChI is InChI=1S/C20H38N8O.HI/c1-5-7-8-21-20(22-9-10-28-16-23-25-18(28)6-2)27-13-11-26(12-14-27)15-19(29)24-17(3)4;/h16-17H,5-15H2,1-4H3,(H,21,22)(H,24,29);1H. The van der Waals surface area contributed by atoms with E-state index in [4.69, 9.17) is 4.99 Å². The lowest BCUT2D eigenvalue weighted by Gasteiger charge is -2.36. The number of halogens is 1. The van der Waals surface area contributed by atoms with Gasteiger partial charge < -0.3 is 20.1 Å². The predicted molar refractivity (Wildman–Crippen MR) is 131 cm³/mol. The summed E-state index contributed by atoms with van der Waals surface area (Å²) in [7, 11) is 0. The monoisotopic (exact) mass is 534 g/mol. The van der Waals surface area contributed by atoms with Crippen LogP contribution in [0, 0.1) is 0 Å². The van der Waals surface area contributed by atoms with Gasteiger partial charge in [0, 0.05) is 58.3 Å². The largest absolute Gasteiger partial charge is 0.354 e. The van der Waals surface area contributed by atoms with E-state index in [1.807, 2.05) is 13.8 Å². The molecule has 1 aromatic rings. The maximum Gasteiger partial charge on any atom is 0.234 e. The minimum Gasteiger partial charge on any atom is -0.354 e. The van der Waals surface area contributed by atoms with E-state index in [-0.39, 0.29) is 35.9 Å². The number of unbranched alkanes of at least 4 members (excludes halogenated alkanes) is 1. The van der Waals surface area contributed by atoms with Crippen LogP contribution in [-0.2, 0) is 17.8 Å². The molecule has 1 aliphatic heterocycles. The van der Waals surface area contributed by atoms with Crippen molar-refractivity contribution in [2.24, 2.45) is 4.99 Å². The van der Waals surface area contributed by atoms with E-state index in [1.165, 1.54) is 0 Å². The van der Waals surface area contributed by atoms with Gasteiger partial charge in [0.05, 0.1) is 6.54 Å². The minimum absolute atomic E-state index is 0. The van der Waals surface area contributed by atoms with Gasteiger partial charge in [0.2, 0.25) is 5.91 Å². The fraction of sp³-hybridized carbons (Fsp3) is 0.800. The summed E-state index contributed by atoms with van der Waals surface area (Å²) in [6.45, 7) is 14.6. The summed E-state index contributed by atoms with van der Waals surface area (Å²) in [4.78, 5) is 21.3. The van der Waals surface area contributed by atoms with E-state index >= 15 is 0 Å². The number of aryl methyl sites for hydroxylation is 1. The second-order valence-electron chi connectivity index (χ2n) is 7.77. The van der Waals surface area contributed by atoms with E-state index in [1.54, 1.807) is 6.33 Å². The van der Waals surface area contributed by atoms with Crippen LogP contribution >= 0.6 is 24.0 Å². The lowest BCUT2D eigenvalue weighted by atomic mass is 10.3. The molecule has 0 saturated carbocycles. The number of guanidine groups is 1. The highest BCUT2D eigenvalue weighted by Gasteiger charge is 2.21. The van der Waals surface area contributed by atoms with Crippen LogP contribution in [0.15, 0.2) is 11.3 Å². The molecule has 30 heavy (non-hydrogen) atoms. The zero-order chi connectivity index (χ0) is 21.1. The lowest BCUT2D eigenvalue weighted by Crippen LogP contribution is -2.54. The van der Waals surface area contributed by atoms with Crippen molar-refractivity contribution >= 4 is 35.8 Å². The molecule has 10 heteroatoms. The Morgan fingerprint density at radius 2 is 1.97 bits per heavy atom. The van der Waals surface area contributed by atoms with E-state index in [0.717, 1.165) is 76.9 Å². The predicted octanol–water partition coefficient (Wildman–Crippen LogP) is 1.35. The topological polar surface area (TPSA) is 90.7 Å². The van der Waals surface area contributed by atoms with E-state index < -0.39 is 0 Å². The molecule has 2 N–H and O–H groups in total. The molecule has 0 radical (unpaired) electrons. The molecule has 0 atom stereocenters. The highest BCUT2D eigenvalue weighted by molar-refractivity contribution is 14.0. The Hall–Kier alpha value is -1.43. The summed E-state index contributed by atoms with van der Waals surface area (Å²) in [6, 6.07) is 0.184. The molecule has 0 unspecified atom stereocenters. The smallest absolute Gasteiger partial charge is 0.234 e. The maximum atomic E-state index is 12.0. The van der Waals surface area contributed by atoms with Gasteiger partial charge in [-0.3, -0.25) is 14.7 Å². The van der Waals surface area contributed by atoms with Gasteiger partial charge in [-0.2, -0.15) is 0 Å². The van der Waals surface area contributed by atoms with Crippen LogP contribution in [0.3, 0.4) is 0 Å². The number of carbonyl (C=O) groups is 1. The van der Waals surface area contributed by atoms with Gasteiger partial charge in [-0.1, -0.05) is 20.3 Å². The first kappa shape index (κ1) is 26.6. The first-order valence-electron chi connectivity index (χ1n) is 10.9. The van der Waals surface area contributed by atoms with Gasteiger partial charge in [0.25, 0.3) is 0 Å². The van der Waals surface area contributed by atoms with Crippen molar-refractivity contribution in [3.63, 3.8) is 0 Å². The van der Waals surface area contributed by atoms with Crippen LogP contribution in [0.25, 0.3) is 0 Å². The average Bonchev–Trinajstić information content (AvgIpc) is 3.14. The first-order valence-corrected chi connectivity index (χ1v) is 10.9. The number of rotatable bonds is 10. The molecule has 1 aromatic heterocycles. The van der Waals surface area contributed by atoms with Crippen LogP contribution in [-0.4, -0.2) is 88.3 Å². The first-order chi connectivity index (χ1) is 14.0. The summed E-state index contributed by atoms with van der Waals surface area (Å²) < 4.78 is 2.09. The molecule has 0 bridgehead atoms. The molecule has 1 aliphatic rings. The highest BCUT2D eigenvalue weighted by Crippen LogP contribution is 2.03. The van der Waals surface area contributed by atoms with Crippen molar-refractivity contribution in [3.8, 4) is 0 Å². The number of aromatic nitrogens is 3. The zero-order valence-corrected chi connectivity index (χ0v) is 21.3. The third-order valence-electron chi connectivity index (χ3n) is 4.91. The van der Waals surface area contributed by atoms with Gasteiger partial charge in [-0.25, -0.2) is 0 Å². The Morgan fingerprint density at radius 3 is 2.60 bits per heavy atom. The number of hydrogen-bond donors (Lipinski definition) is 2. The number of carbonyl (C=O) groups excluding carboxylic acids is 1. The molecular weight excluding hydrogens is 495 g/mol. The summed E-state index contributed by atoms with van der Waals surface area (Å²) in [5.74, 6) is 2.07. The average molecular weight is 534 g/mol. The number of nitrogens with one attached hydrogen (secondary N) is 2. The van der Waals surface area contributed by atoms with E-state index in [9.17, 15) is 4.79 Å². The maximum absolute atomic E-state index is 12.0. The van der Waals surface area contributed by atoms with E-state index in [0.29, 0.717) is 6.54 Å². The summed E-state index contributed by atoms with van der Waals surface area (Å²) >= 11 is 0. The van der Waals surface area contributed by atoms with Gasteiger partial charge in [0.1, 0.15) is 12.2 Å². The molecule has 9 nitrogen and oxygen atoms in total. The van der Waals surface area contributed by atoms with Crippen LogP contribution in [0.5, 0.6) is 0 Å². The second-order valence-corrected chi connectivity index (χ2v) is 7.77. The fourth-order valence-electron chi connectivity index (χ4n) is 3.33. The van der Waals surface area contributed by atoms with Crippen LogP contribution in [0.1, 0.15) is 46.4 Å². The molecule has 0 spiro atoms. The van der Waals surface area contributed by atoms with Crippen LogP contribution in [0.4, 0.5) is 0 Å². The second kappa shape index (κ2) is 14.6. The Morgan fingerprint density at radius 1 is 1.23 bits per heavy atom. The highest BCUT2D eigenvalue weighted by atomic mass is 127. The van der Waals surface area contributed by atoms with Crippen molar-refractivity contribution < 1.29 is 4.79 Å². The van der Waals surface area contributed by atoms with E-state index in [2.05, 4.69) is 49.0 Å². The van der Waals surface area contributed by atoms with Crippen molar-refractivity contribution in [2.75, 3.05) is 45.8 Å². The Kier molecular flexibility index (Phi) is 12.9. The summed E-state index contributed by atoms with van der Waals surface area (Å²) in [6.07, 6.45) is 4.89. The molecule has 2 rings (SSSR count). The molecule has 2 heterocycles.